The van der Waals surface area contributed by atoms with Gasteiger partial charge in [-0.2, -0.15) is 0 Å². The van der Waals surface area contributed by atoms with E-state index in [9.17, 15) is 18.4 Å². The molecule has 3 rings (SSSR count). The molecule has 178 valence electrons. The van der Waals surface area contributed by atoms with Crippen molar-refractivity contribution < 1.29 is 23.1 Å². The Labute approximate surface area is 191 Å². The molecule has 8 nitrogen and oxygen atoms in total. The summed E-state index contributed by atoms with van der Waals surface area (Å²) in [6, 6.07) is 4.54. The smallest absolute Gasteiger partial charge is 0.328 e. The maximum absolute atomic E-state index is 13.4. The highest BCUT2D eigenvalue weighted by molar-refractivity contribution is 6.02. The van der Waals surface area contributed by atoms with Crippen LogP contribution in [0.4, 0.5) is 25.2 Å². The summed E-state index contributed by atoms with van der Waals surface area (Å²) in [4.78, 5) is 36.0. The van der Waals surface area contributed by atoms with E-state index >= 15 is 0 Å². The first kappa shape index (κ1) is 24.3. The van der Waals surface area contributed by atoms with E-state index in [0.29, 0.717) is 35.8 Å². The molecule has 10 heteroatoms. The number of urea groups is 1. The number of amides is 3. The van der Waals surface area contributed by atoms with Gasteiger partial charge < -0.3 is 10.1 Å². The van der Waals surface area contributed by atoms with E-state index < -0.39 is 23.9 Å². The van der Waals surface area contributed by atoms with Gasteiger partial charge in [0.1, 0.15) is 23.1 Å². The van der Waals surface area contributed by atoms with Crippen LogP contribution in [0.2, 0.25) is 0 Å². The third-order valence-corrected chi connectivity index (χ3v) is 5.54. The zero-order valence-corrected chi connectivity index (χ0v) is 19.2. The van der Waals surface area contributed by atoms with Gasteiger partial charge in [0, 0.05) is 24.7 Å². The van der Waals surface area contributed by atoms with Gasteiger partial charge in [0.15, 0.2) is 0 Å². The molecule has 0 saturated heterocycles. The average molecular weight is 462 g/mol. The highest BCUT2D eigenvalue weighted by atomic mass is 19.3. The molecular formula is C23H29F2N5O3. The predicted octanol–water partition coefficient (Wildman–Crippen LogP) is 4.55. The van der Waals surface area contributed by atoms with Crippen molar-refractivity contribution in [2.75, 3.05) is 17.3 Å². The lowest BCUT2D eigenvalue weighted by molar-refractivity contribution is 0.0845. The van der Waals surface area contributed by atoms with Crippen LogP contribution in [0.3, 0.4) is 0 Å². The summed E-state index contributed by atoms with van der Waals surface area (Å²) in [7, 11) is 1.52. The van der Waals surface area contributed by atoms with Crippen LogP contribution in [0.5, 0.6) is 5.75 Å². The molecule has 0 bridgehead atoms. The van der Waals surface area contributed by atoms with Crippen molar-refractivity contribution in [1.82, 2.24) is 15.3 Å². The Balaban J connectivity index is 1.92. The van der Waals surface area contributed by atoms with Gasteiger partial charge in [0.2, 0.25) is 0 Å². The molecule has 0 radical (unpaired) electrons. The highest BCUT2D eigenvalue weighted by Crippen LogP contribution is 2.41. The number of methoxy groups -OCH3 is 1. The minimum absolute atomic E-state index is 0.0260. The summed E-state index contributed by atoms with van der Waals surface area (Å²) in [6.45, 7) is 5.76. The Morgan fingerprint density at radius 2 is 2.03 bits per heavy atom. The second kappa shape index (κ2) is 10.1. The van der Waals surface area contributed by atoms with E-state index in [4.69, 9.17) is 4.74 Å². The molecule has 2 aromatic rings. The molecule has 33 heavy (non-hydrogen) atoms. The van der Waals surface area contributed by atoms with Gasteiger partial charge in [0.05, 0.1) is 13.2 Å². The van der Waals surface area contributed by atoms with Crippen molar-refractivity contribution in [3.63, 3.8) is 0 Å². The maximum Gasteiger partial charge on any atom is 0.328 e. The molecule has 0 aliphatic heterocycles. The van der Waals surface area contributed by atoms with Crippen molar-refractivity contribution in [3.05, 3.63) is 41.7 Å². The summed E-state index contributed by atoms with van der Waals surface area (Å²) in [5, 5.41) is 5.08. The first-order chi connectivity index (χ1) is 15.7. The second-order valence-electron chi connectivity index (χ2n) is 8.06. The van der Waals surface area contributed by atoms with Gasteiger partial charge in [-0.05, 0) is 37.5 Å². The lowest BCUT2D eigenvalue weighted by Crippen LogP contribution is -2.44. The fourth-order valence-electron chi connectivity index (χ4n) is 3.55. The number of rotatable bonds is 9. The Hall–Kier alpha value is -3.30. The lowest BCUT2D eigenvalue weighted by atomic mass is 10.1. The predicted molar refractivity (Wildman–Crippen MR) is 121 cm³/mol. The van der Waals surface area contributed by atoms with Crippen LogP contribution >= 0.6 is 0 Å². The normalized spacial score (nSPS) is 17.1. The van der Waals surface area contributed by atoms with Crippen LogP contribution in [-0.2, 0) is 0 Å². The minimum atomic E-state index is -2.88. The van der Waals surface area contributed by atoms with Crippen molar-refractivity contribution in [1.29, 1.82) is 0 Å². The number of halogens is 2. The van der Waals surface area contributed by atoms with E-state index in [2.05, 4.69) is 20.6 Å². The van der Waals surface area contributed by atoms with E-state index in [0.717, 1.165) is 6.42 Å². The van der Waals surface area contributed by atoms with Gasteiger partial charge in [0.25, 0.3) is 11.8 Å². The fourth-order valence-corrected chi connectivity index (χ4v) is 3.55. The number of carbonyl (C=O) groups excluding carboxylic acids is 2. The molecule has 2 atom stereocenters. The number of aromatic nitrogens is 2. The van der Waals surface area contributed by atoms with E-state index in [1.807, 2.05) is 13.8 Å². The first-order valence-corrected chi connectivity index (χ1v) is 11.0. The van der Waals surface area contributed by atoms with Crippen molar-refractivity contribution >= 4 is 23.6 Å². The van der Waals surface area contributed by atoms with Crippen LogP contribution in [0.15, 0.2) is 30.5 Å². The van der Waals surface area contributed by atoms with Crippen molar-refractivity contribution in [2.45, 2.75) is 64.5 Å². The zero-order valence-electron chi connectivity index (χ0n) is 19.2. The Bertz CT molecular complexity index is 1020. The summed E-state index contributed by atoms with van der Waals surface area (Å²) < 4.78 is 31.7. The number of nitrogens with zero attached hydrogens (tertiary/aromatic N) is 3. The maximum atomic E-state index is 13.4. The number of hydrogen-bond donors (Lipinski definition) is 2. The second-order valence-corrected chi connectivity index (χ2v) is 8.06. The first-order valence-electron chi connectivity index (χ1n) is 11.0. The summed E-state index contributed by atoms with van der Waals surface area (Å²) in [5.41, 5.74) is 0.647. The molecule has 1 fully saturated rings. The molecule has 0 spiro atoms. The lowest BCUT2D eigenvalue weighted by Gasteiger charge is -2.31. The molecule has 2 aromatic heterocycles. The molecule has 0 aromatic carbocycles. The van der Waals surface area contributed by atoms with E-state index in [1.54, 1.807) is 25.1 Å². The topological polar surface area (TPSA) is 96.5 Å². The van der Waals surface area contributed by atoms with E-state index in [-0.39, 0.29) is 18.2 Å². The Morgan fingerprint density at radius 1 is 1.30 bits per heavy atom. The Kier molecular flexibility index (Phi) is 7.45. The summed E-state index contributed by atoms with van der Waals surface area (Å²) >= 11 is 0. The number of carbonyl (C=O) groups is 2. The van der Waals surface area contributed by atoms with Gasteiger partial charge in [-0.3, -0.25) is 15.0 Å². The SMILES string of the molecule is CCCC(CC)N(C(=O)Nc1cc(OC)ccn1)c1nc(C(=O)NC2CC2(F)F)ccc1C. The summed E-state index contributed by atoms with van der Waals surface area (Å²) in [5.74, 6) is -2.44. The third-order valence-electron chi connectivity index (χ3n) is 5.54. The van der Waals surface area contributed by atoms with Gasteiger partial charge >= 0.3 is 6.03 Å². The van der Waals surface area contributed by atoms with Crippen LogP contribution in [0, 0.1) is 6.92 Å². The number of ether oxygens (including phenoxy) is 1. The molecule has 1 aliphatic carbocycles. The molecule has 2 heterocycles. The van der Waals surface area contributed by atoms with Crippen molar-refractivity contribution in [2.24, 2.45) is 0 Å². The zero-order chi connectivity index (χ0) is 24.2. The monoisotopic (exact) mass is 461 g/mol. The number of alkyl halides is 2. The quantitative estimate of drug-likeness (QED) is 0.571. The molecule has 2 unspecified atom stereocenters. The van der Waals surface area contributed by atoms with Crippen LogP contribution in [0.1, 0.15) is 55.6 Å². The molecule has 3 amide bonds. The summed E-state index contributed by atoms with van der Waals surface area (Å²) in [6.07, 6.45) is 3.33. The molecule has 2 N–H and O–H groups in total. The number of anilines is 2. The van der Waals surface area contributed by atoms with Gasteiger partial charge in [-0.15, -0.1) is 0 Å². The van der Waals surface area contributed by atoms with Crippen LogP contribution in [-0.4, -0.2) is 47.0 Å². The average Bonchev–Trinajstić information content (AvgIpc) is 3.39. The Morgan fingerprint density at radius 3 is 2.64 bits per heavy atom. The molecular weight excluding hydrogens is 432 g/mol. The third kappa shape index (κ3) is 5.74. The van der Waals surface area contributed by atoms with Crippen LogP contribution < -0.4 is 20.3 Å². The van der Waals surface area contributed by atoms with Gasteiger partial charge in [-0.25, -0.2) is 23.5 Å². The fraction of sp³-hybridized carbons (Fsp3) is 0.478. The van der Waals surface area contributed by atoms with Gasteiger partial charge in [-0.1, -0.05) is 26.3 Å². The standard InChI is InChI=1S/C23H29F2N5O3/c1-5-7-15(6-2)30(22(32)29-19-12-16(33-4)10-11-26-19)20-14(3)8-9-17(27-20)21(31)28-18-13-23(18,24)25/h8-12,15,18H,5-7,13H2,1-4H3,(H,28,31)(H,26,29,32). The van der Waals surface area contributed by atoms with E-state index in [1.165, 1.54) is 24.3 Å². The molecule has 1 saturated carbocycles. The van der Waals surface area contributed by atoms with Crippen LogP contribution in [0.25, 0.3) is 0 Å². The van der Waals surface area contributed by atoms with Crippen molar-refractivity contribution in [3.8, 4) is 5.75 Å². The number of pyridine rings is 2. The number of aryl methyl sites for hydroxylation is 1. The minimum Gasteiger partial charge on any atom is -0.497 e. The number of hydrogen-bond acceptors (Lipinski definition) is 5. The number of nitrogens with one attached hydrogen (secondary N) is 2. The molecule has 1 aliphatic rings. The highest BCUT2D eigenvalue weighted by Gasteiger charge is 2.58. The largest absolute Gasteiger partial charge is 0.497 e.